The summed E-state index contributed by atoms with van der Waals surface area (Å²) in [7, 11) is 1.45. The number of phenolic OH excluding ortho intramolecular Hbond substituents is 1. The molecule has 0 radical (unpaired) electrons. The second-order valence-electron chi connectivity index (χ2n) is 12.2. The summed E-state index contributed by atoms with van der Waals surface area (Å²) in [4.78, 5) is 28.7. The first-order chi connectivity index (χ1) is 21.7. The van der Waals surface area contributed by atoms with Crippen LogP contribution in [0.4, 0.5) is 0 Å². The molecule has 1 aromatic heterocycles. The van der Waals surface area contributed by atoms with Crippen molar-refractivity contribution in [2.24, 2.45) is 17.1 Å². The number of phenols is 1. The highest BCUT2D eigenvalue weighted by Gasteiger charge is 2.45. The lowest BCUT2D eigenvalue weighted by molar-refractivity contribution is -0.138. The molecule has 0 saturated heterocycles. The number of rotatable bonds is 17. The average Bonchev–Trinajstić information content (AvgIpc) is 3.56. The van der Waals surface area contributed by atoms with Crippen LogP contribution in [0.1, 0.15) is 68.2 Å². The fourth-order valence-corrected chi connectivity index (χ4v) is 6.65. The average molecular weight is 622 g/mol. The van der Waals surface area contributed by atoms with Gasteiger partial charge in [0.05, 0.1) is 13.7 Å². The number of aryl methyl sites for hydroxylation is 1. The van der Waals surface area contributed by atoms with E-state index in [-0.39, 0.29) is 49.9 Å². The first-order valence-electron chi connectivity index (χ1n) is 15.8. The molecular formula is C35H47N3O7. The number of nitrogens with one attached hydrogen (secondary N) is 2. The molecular weight excluding hydrogens is 574 g/mol. The third-order valence-corrected chi connectivity index (χ3v) is 9.12. The highest BCUT2D eigenvalue weighted by Crippen LogP contribution is 2.54. The Morgan fingerprint density at radius 1 is 1.18 bits per heavy atom. The van der Waals surface area contributed by atoms with E-state index < -0.39 is 29.0 Å². The molecule has 0 fully saturated rings. The van der Waals surface area contributed by atoms with Gasteiger partial charge in [0.2, 0.25) is 0 Å². The van der Waals surface area contributed by atoms with Crippen molar-refractivity contribution in [1.82, 2.24) is 10.3 Å². The highest BCUT2D eigenvalue weighted by atomic mass is 16.5. The number of H-pyrrole nitrogens is 1. The molecule has 10 nitrogen and oxygen atoms in total. The smallest absolute Gasteiger partial charge is 0.170 e. The number of hydrogen-bond acceptors (Lipinski definition) is 9. The summed E-state index contributed by atoms with van der Waals surface area (Å²) < 4.78 is 5.55. The Morgan fingerprint density at radius 2 is 1.96 bits per heavy atom. The van der Waals surface area contributed by atoms with Gasteiger partial charge in [-0.3, -0.25) is 9.59 Å². The van der Waals surface area contributed by atoms with Gasteiger partial charge in [0.25, 0.3) is 0 Å². The lowest BCUT2D eigenvalue weighted by Gasteiger charge is -2.43. The van der Waals surface area contributed by atoms with Gasteiger partial charge in [-0.25, -0.2) is 0 Å². The molecule has 2 aromatic rings. The molecule has 1 aromatic carbocycles. The number of aromatic nitrogens is 1. The minimum Gasteiger partial charge on any atom is -0.504 e. The Hall–Kier alpha value is -3.86. The quantitative estimate of drug-likeness (QED) is 0.131. The van der Waals surface area contributed by atoms with Gasteiger partial charge in [-0.1, -0.05) is 37.6 Å². The molecule has 1 aliphatic heterocycles. The molecule has 10 heteroatoms. The summed E-state index contributed by atoms with van der Waals surface area (Å²) in [5.41, 5.74) is 9.24. The van der Waals surface area contributed by atoms with Crippen LogP contribution in [0.2, 0.25) is 0 Å². The predicted molar refractivity (Wildman–Crippen MR) is 172 cm³/mol. The highest BCUT2D eigenvalue weighted by molar-refractivity contribution is 6.05. The van der Waals surface area contributed by atoms with Crippen LogP contribution in [0.15, 0.2) is 65.7 Å². The topological polar surface area (TPSA) is 178 Å². The maximum absolute atomic E-state index is 12.9. The Labute approximate surface area is 264 Å². The van der Waals surface area contributed by atoms with Crippen LogP contribution in [0.5, 0.6) is 11.5 Å². The fraction of sp³-hybridized carbons (Fsp3) is 0.486. The number of nitrogens with two attached hydrogens (primary N) is 1. The third-order valence-electron chi connectivity index (χ3n) is 9.12. The number of dihydropyridines is 1. The number of aromatic hydroxyl groups is 1. The largest absolute Gasteiger partial charge is 0.504 e. The Bertz CT molecular complexity index is 1430. The Balaban J connectivity index is 1.59. The van der Waals surface area contributed by atoms with Crippen molar-refractivity contribution in [3.05, 3.63) is 82.5 Å². The van der Waals surface area contributed by atoms with Crippen molar-refractivity contribution >= 4 is 11.6 Å². The number of Topliss-reactive ketones (excluding diaryl/α,β-unsaturated/α-hetero) is 2. The second kappa shape index (κ2) is 15.4. The van der Waals surface area contributed by atoms with Crippen LogP contribution in [0, 0.1) is 11.3 Å². The molecule has 2 aliphatic rings. The molecule has 0 amide bonds. The molecule has 8 N–H and O–H groups in total. The summed E-state index contributed by atoms with van der Waals surface area (Å²) in [5, 5.41) is 45.6. The van der Waals surface area contributed by atoms with E-state index in [0.29, 0.717) is 42.8 Å². The number of aliphatic hydroxyl groups excluding tert-OH is 3. The van der Waals surface area contributed by atoms with Gasteiger partial charge >= 0.3 is 0 Å². The zero-order chi connectivity index (χ0) is 32.6. The van der Waals surface area contributed by atoms with E-state index in [4.69, 9.17) is 10.5 Å². The number of allylic oxidation sites excluding steroid dienone is 3. The van der Waals surface area contributed by atoms with Gasteiger partial charge < -0.3 is 41.2 Å². The van der Waals surface area contributed by atoms with Gasteiger partial charge in [0.15, 0.2) is 29.2 Å². The van der Waals surface area contributed by atoms with Crippen LogP contribution in [0.3, 0.4) is 0 Å². The normalized spacial score (nSPS) is 20.6. The number of fused-ring (bicyclic) bond motifs is 1. The summed E-state index contributed by atoms with van der Waals surface area (Å²) in [6.07, 6.45) is 9.60. The number of carbonyl (C=O) groups excluding carboxylic acids is 2. The Kier molecular flexibility index (Phi) is 11.7. The summed E-state index contributed by atoms with van der Waals surface area (Å²) in [6, 6.07) is 7.30. The lowest BCUT2D eigenvalue weighted by Crippen LogP contribution is -2.40. The summed E-state index contributed by atoms with van der Waals surface area (Å²) in [6.45, 7) is 2.36. The van der Waals surface area contributed by atoms with Gasteiger partial charge in [-0.05, 0) is 67.4 Å². The molecule has 1 aliphatic carbocycles. The minimum atomic E-state index is -1.70. The zero-order valence-electron chi connectivity index (χ0n) is 26.2. The molecule has 4 unspecified atom stereocenters. The van der Waals surface area contributed by atoms with Crippen molar-refractivity contribution in [3.63, 3.8) is 0 Å². The van der Waals surface area contributed by atoms with E-state index in [1.807, 2.05) is 49.5 Å². The SMILES string of the molecule is CCCC(CO)CCCC(=O)C(O)C(=O)CCc1cc(OC)c(O)c(C2C3=CCNC(N)=C3C=CC2(CO)Cc2ccc[nH]2)c1. The number of aliphatic hydroxyl groups is 3. The van der Waals surface area contributed by atoms with E-state index in [1.54, 1.807) is 6.07 Å². The molecule has 244 valence electrons. The number of carbonyl (C=O) groups is 2. The van der Waals surface area contributed by atoms with Crippen LogP contribution in [-0.4, -0.2) is 69.9 Å². The van der Waals surface area contributed by atoms with Crippen molar-refractivity contribution in [3.8, 4) is 11.5 Å². The zero-order valence-corrected chi connectivity index (χ0v) is 26.2. The van der Waals surface area contributed by atoms with Gasteiger partial charge in [-0.2, -0.15) is 0 Å². The van der Waals surface area contributed by atoms with E-state index >= 15 is 0 Å². The molecule has 0 spiro atoms. The molecule has 2 heterocycles. The number of ketones is 2. The van der Waals surface area contributed by atoms with Crippen LogP contribution in [0.25, 0.3) is 0 Å². The van der Waals surface area contributed by atoms with E-state index in [1.165, 1.54) is 7.11 Å². The standard InChI is InChI=1S/C35H47N3O7/c1-3-6-22(20-39)7-4-9-28(41)33(44)29(42)11-10-23-17-27(32(43)30(18-23)45-2)31-25-13-16-38-34(36)26(25)12-14-35(31,21-40)19-24-8-5-15-37-24/h5,8,12-15,17-18,22,31,33,37-40,43-44H,3-4,6-7,9-11,16,19-21,36H2,1-2H3. The van der Waals surface area contributed by atoms with Gasteiger partial charge in [0, 0.05) is 60.4 Å². The second-order valence-corrected chi connectivity index (χ2v) is 12.2. The first-order valence-corrected chi connectivity index (χ1v) is 15.8. The van der Waals surface area contributed by atoms with Crippen molar-refractivity contribution in [1.29, 1.82) is 0 Å². The fourth-order valence-electron chi connectivity index (χ4n) is 6.65. The number of ether oxygens (including phenoxy) is 1. The van der Waals surface area contributed by atoms with Crippen LogP contribution >= 0.6 is 0 Å². The molecule has 4 atom stereocenters. The van der Waals surface area contributed by atoms with Crippen molar-refractivity contribution in [2.75, 3.05) is 26.9 Å². The number of methoxy groups -OCH3 is 1. The third kappa shape index (κ3) is 7.69. The maximum atomic E-state index is 12.9. The maximum Gasteiger partial charge on any atom is 0.170 e. The minimum absolute atomic E-state index is 0.0588. The van der Waals surface area contributed by atoms with Crippen molar-refractivity contribution in [2.45, 2.75) is 70.3 Å². The van der Waals surface area contributed by atoms with Crippen LogP contribution < -0.4 is 15.8 Å². The number of benzene rings is 1. The molecule has 45 heavy (non-hydrogen) atoms. The van der Waals surface area contributed by atoms with Crippen molar-refractivity contribution < 1.29 is 34.8 Å². The molecule has 4 rings (SSSR count). The van der Waals surface area contributed by atoms with Gasteiger partial charge in [-0.15, -0.1) is 0 Å². The van der Waals surface area contributed by atoms with E-state index in [9.17, 15) is 30.0 Å². The Morgan fingerprint density at radius 3 is 2.62 bits per heavy atom. The van der Waals surface area contributed by atoms with E-state index in [2.05, 4.69) is 10.3 Å². The monoisotopic (exact) mass is 621 g/mol. The summed E-state index contributed by atoms with van der Waals surface area (Å²) in [5.74, 6) is -0.844. The predicted octanol–water partition coefficient (Wildman–Crippen LogP) is 3.31. The summed E-state index contributed by atoms with van der Waals surface area (Å²) >= 11 is 0. The van der Waals surface area contributed by atoms with Crippen LogP contribution in [-0.2, 0) is 22.4 Å². The lowest BCUT2D eigenvalue weighted by atomic mass is 9.61. The molecule has 0 bridgehead atoms. The number of aromatic amines is 1. The van der Waals surface area contributed by atoms with E-state index in [0.717, 1.165) is 29.7 Å². The number of hydrogen-bond donors (Lipinski definition) is 7. The first kappa shape index (κ1) is 34.0. The molecule has 0 saturated carbocycles. The van der Waals surface area contributed by atoms with Gasteiger partial charge in [0.1, 0.15) is 5.82 Å².